The summed E-state index contributed by atoms with van der Waals surface area (Å²) in [6, 6.07) is 2.61. The predicted molar refractivity (Wildman–Crippen MR) is 61.6 cm³/mol. The van der Waals surface area contributed by atoms with Crippen LogP contribution in [0.4, 0.5) is 5.69 Å². The molecule has 14 heavy (non-hydrogen) atoms. The van der Waals surface area contributed by atoms with Gasteiger partial charge in [0.15, 0.2) is 0 Å². The van der Waals surface area contributed by atoms with E-state index in [2.05, 4.69) is 44.1 Å². The van der Waals surface area contributed by atoms with Gasteiger partial charge < -0.3 is 10.2 Å². The molecule has 2 rings (SSSR count). The van der Waals surface area contributed by atoms with Crippen LogP contribution in [0, 0.1) is 0 Å². The molecule has 1 aliphatic heterocycles. The van der Waals surface area contributed by atoms with Gasteiger partial charge in [-0.1, -0.05) is 0 Å². The normalized spacial score (nSPS) is 22.4. The summed E-state index contributed by atoms with van der Waals surface area (Å²) in [5.41, 5.74) is 1.24. The van der Waals surface area contributed by atoms with Crippen molar-refractivity contribution in [2.75, 3.05) is 24.5 Å². The third-order valence-corrected chi connectivity index (χ3v) is 3.17. The van der Waals surface area contributed by atoms with Gasteiger partial charge in [-0.05, 0) is 28.9 Å². The molecule has 76 valence electrons. The molecule has 0 saturated carbocycles. The topological polar surface area (TPSA) is 28.2 Å². The Morgan fingerprint density at radius 1 is 1.64 bits per heavy atom. The number of nitrogens with one attached hydrogen (secondary N) is 1. The maximum Gasteiger partial charge on any atom is 0.0592 e. The van der Waals surface area contributed by atoms with Crippen LogP contribution in [0.5, 0.6) is 0 Å². The SMILES string of the molecule is CC1CNCCN1c1ccncc1Br. The van der Waals surface area contributed by atoms with E-state index in [9.17, 15) is 0 Å². The van der Waals surface area contributed by atoms with Crippen molar-refractivity contribution in [3.05, 3.63) is 22.9 Å². The summed E-state index contributed by atoms with van der Waals surface area (Å²) < 4.78 is 1.08. The Hall–Kier alpha value is -0.610. The molecule has 0 aliphatic carbocycles. The molecule has 1 atom stereocenters. The van der Waals surface area contributed by atoms with Gasteiger partial charge >= 0.3 is 0 Å². The van der Waals surface area contributed by atoms with E-state index in [1.807, 2.05) is 12.4 Å². The Labute approximate surface area is 92.6 Å². The predicted octanol–water partition coefficient (Wildman–Crippen LogP) is 1.64. The summed E-state index contributed by atoms with van der Waals surface area (Å²) in [5, 5.41) is 3.38. The van der Waals surface area contributed by atoms with Crippen molar-refractivity contribution in [2.24, 2.45) is 0 Å². The number of halogens is 1. The van der Waals surface area contributed by atoms with Crippen molar-refractivity contribution in [1.82, 2.24) is 10.3 Å². The molecule has 1 aromatic heterocycles. The molecule has 0 bridgehead atoms. The first-order valence-electron chi connectivity index (χ1n) is 4.86. The van der Waals surface area contributed by atoms with Gasteiger partial charge in [0.1, 0.15) is 0 Å². The third-order valence-electron chi connectivity index (χ3n) is 2.56. The first-order valence-corrected chi connectivity index (χ1v) is 5.65. The number of piperazine rings is 1. The second-order valence-corrected chi connectivity index (χ2v) is 4.43. The summed E-state index contributed by atoms with van der Waals surface area (Å²) in [5.74, 6) is 0. The third kappa shape index (κ3) is 1.91. The molecule has 1 fully saturated rings. The van der Waals surface area contributed by atoms with Gasteiger partial charge in [-0.25, -0.2) is 0 Å². The van der Waals surface area contributed by atoms with E-state index in [1.165, 1.54) is 5.69 Å². The van der Waals surface area contributed by atoms with Crippen molar-refractivity contribution in [2.45, 2.75) is 13.0 Å². The highest BCUT2D eigenvalue weighted by molar-refractivity contribution is 9.10. The van der Waals surface area contributed by atoms with Crippen molar-refractivity contribution in [3.63, 3.8) is 0 Å². The van der Waals surface area contributed by atoms with E-state index in [0.29, 0.717) is 6.04 Å². The number of aromatic nitrogens is 1. The van der Waals surface area contributed by atoms with Crippen LogP contribution in [0.3, 0.4) is 0 Å². The maximum absolute atomic E-state index is 4.08. The van der Waals surface area contributed by atoms with Gasteiger partial charge in [-0.2, -0.15) is 0 Å². The Bertz CT molecular complexity index is 316. The molecule has 4 heteroatoms. The second kappa shape index (κ2) is 4.28. The minimum absolute atomic E-state index is 0.544. The molecule has 1 aliphatic rings. The molecular formula is C10H14BrN3. The van der Waals surface area contributed by atoms with Gasteiger partial charge in [0, 0.05) is 38.1 Å². The maximum atomic E-state index is 4.08. The monoisotopic (exact) mass is 255 g/mol. The first kappa shape index (κ1) is 9.93. The van der Waals surface area contributed by atoms with Crippen molar-refractivity contribution < 1.29 is 0 Å². The number of pyridine rings is 1. The molecule has 1 unspecified atom stereocenters. The molecular weight excluding hydrogens is 242 g/mol. The molecule has 1 aromatic rings. The fraction of sp³-hybridized carbons (Fsp3) is 0.500. The molecule has 0 amide bonds. The Morgan fingerprint density at radius 3 is 3.21 bits per heavy atom. The molecule has 0 aromatic carbocycles. The van der Waals surface area contributed by atoms with Gasteiger partial charge in [0.2, 0.25) is 0 Å². The number of anilines is 1. The molecule has 1 N–H and O–H groups in total. The van der Waals surface area contributed by atoms with Crippen LogP contribution >= 0.6 is 15.9 Å². The lowest BCUT2D eigenvalue weighted by molar-refractivity contribution is 0.500. The van der Waals surface area contributed by atoms with Gasteiger partial charge in [-0.15, -0.1) is 0 Å². The van der Waals surface area contributed by atoms with E-state index < -0.39 is 0 Å². The number of nitrogens with zero attached hydrogens (tertiary/aromatic N) is 2. The second-order valence-electron chi connectivity index (χ2n) is 3.57. The fourth-order valence-corrected chi connectivity index (χ4v) is 2.28. The average molecular weight is 256 g/mol. The quantitative estimate of drug-likeness (QED) is 0.828. The lowest BCUT2D eigenvalue weighted by Gasteiger charge is -2.36. The lowest BCUT2D eigenvalue weighted by Crippen LogP contribution is -2.50. The van der Waals surface area contributed by atoms with E-state index >= 15 is 0 Å². The standard InChI is InChI=1S/C10H14BrN3/c1-8-6-13-4-5-14(8)10-2-3-12-7-9(10)11/h2-3,7-8,13H,4-6H2,1H3. The highest BCUT2D eigenvalue weighted by Gasteiger charge is 2.19. The first-order chi connectivity index (χ1) is 6.79. The van der Waals surface area contributed by atoms with Crippen molar-refractivity contribution in [1.29, 1.82) is 0 Å². The molecule has 1 saturated heterocycles. The highest BCUT2D eigenvalue weighted by atomic mass is 79.9. The Morgan fingerprint density at radius 2 is 2.50 bits per heavy atom. The van der Waals surface area contributed by atoms with Crippen LogP contribution in [-0.4, -0.2) is 30.7 Å². The van der Waals surface area contributed by atoms with E-state index in [-0.39, 0.29) is 0 Å². The zero-order valence-corrected chi connectivity index (χ0v) is 9.79. The van der Waals surface area contributed by atoms with Crippen LogP contribution in [0.1, 0.15) is 6.92 Å². The molecule has 2 heterocycles. The molecule has 0 spiro atoms. The summed E-state index contributed by atoms with van der Waals surface area (Å²) >= 11 is 3.53. The van der Waals surface area contributed by atoms with Gasteiger partial charge in [-0.3, -0.25) is 4.98 Å². The minimum Gasteiger partial charge on any atom is -0.365 e. The summed E-state index contributed by atoms with van der Waals surface area (Å²) in [4.78, 5) is 6.48. The van der Waals surface area contributed by atoms with Gasteiger partial charge in [0.05, 0.1) is 10.2 Å². The molecule has 0 radical (unpaired) electrons. The zero-order chi connectivity index (χ0) is 9.97. The van der Waals surface area contributed by atoms with Crippen molar-refractivity contribution >= 4 is 21.6 Å². The zero-order valence-electron chi connectivity index (χ0n) is 8.20. The highest BCUT2D eigenvalue weighted by Crippen LogP contribution is 2.26. The lowest BCUT2D eigenvalue weighted by atomic mass is 10.2. The van der Waals surface area contributed by atoms with Crippen LogP contribution in [0.25, 0.3) is 0 Å². The van der Waals surface area contributed by atoms with Crippen LogP contribution in [0.15, 0.2) is 22.9 Å². The average Bonchev–Trinajstić information content (AvgIpc) is 2.20. The largest absolute Gasteiger partial charge is 0.365 e. The Balaban J connectivity index is 2.25. The smallest absolute Gasteiger partial charge is 0.0592 e. The van der Waals surface area contributed by atoms with Crippen LogP contribution < -0.4 is 10.2 Å². The fourth-order valence-electron chi connectivity index (χ4n) is 1.80. The Kier molecular flexibility index (Phi) is 3.03. The number of rotatable bonds is 1. The minimum atomic E-state index is 0.544. The van der Waals surface area contributed by atoms with Crippen molar-refractivity contribution in [3.8, 4) is 0 Å². The number of hydrogen-bond acceptors (Lipinski definition) is 3. The van der Waals surface area contributed by atoms with E-state index in [0.717, 1.165) is 24.1 Å². The summed E-state index contributed by atoms with van der Waals surface area (Å²) in [6.07, 6.45) is 3.69. The van der Waals surface area contributed by atoms with E-state index in [4.69, 9.17) is 0 Å². The van der Waals surface area contributed by atoms with E-state index in [1.54, 1.807) is 0 Å². The number of hydrogen-bond donors (Lipinski definition) is 1. The summed E-state index contributed by atoms with van der Waals surface area (Å²) in [7, 11) is 0. The van der Waals surface area contributed by atoms with Crippen LogP contribution in [0.2, 0.25) is 0 Å². The molecule has 3 nitrogen and oxygen atoms in total. The van der Waals surface area contributed by atoms with Crippen LogP contribution in [-0.2, 0) is 0 Å². The van der Waals surface area contributed by atoms with Gasteiger partial charge in [0.25, 0.3) is 0 Å². The summed E-state index contributed by atoms with van der Waals surface area (Å²) in [6.45, 7) is 5.40.